The van der Waals surface area contributed by atoms with Crippen LogP contribution >= 0.6 is 11.6 Å². The van der Waals surface area contributed by atoms with Gasteiger partial charge in [0.05, 0.1) is 6.61 Å². The highest BCUT2D eigenvalue weighted by Crippen LogP contribution is 2.28. The Morgan fingerprint density at radius 3 is 2.75 bits per heavy atom. The fourth-order valence-corrected chi connectivity index (χ4v) is 2.17. The standard InChI is InChI=1S/C16H25ClN2O/c1-12(2)15-8-14(10-17)9-16(18-15)19(3)6-7-20-11-13-4-5-13/h8-9,12-13H,4-7,10-11H2,1-3H3. The van der Waals surface area contributed by atoms with Crippen LogP contribution in [0, 0.1) is 5.92 Å². The van der Waals surface area contributed by atoms with Crippen molar-refractivity contribution in [2.75, 3.05) is 31.7 Å². The van der Waals surface area contributed by atoms with Gasteiger partial charge in [0, 0.05) is 31.8 Å². The van der Waals surface area contributed by atoms with Crippen LogP contribution in [0.3, 0.4) is 0 Å². The van der Waals surface area contributed by atoms with Crippen LogP contribution in [0.2, 0.25) is 0 Å². The van der Waals surface area contributed by atoms with Crippen molar-refractivity contribution in [1.82, 2.24) is 4.98 Å². The van der Waals surface area contributed by atoms with Crippen LogP contribution < -0.4 is 4.90 Å². The van der Waals surface area contributed by atoms with E-state index in [0.29, 0.717) is 11.8 Å². The molecule has 0 unspecified atom stereocenters. The van der Waals surface area contributed by atoms with Gasteiger partial charge in [0.25, 0.3) is 0 Å². The largest absolute Gasteiger partial charge is 0.379 e. The number of likely N-dealkylation sites (N-methyl/N-ethyl adjacent to an activating group) is 1. The molecule has 2 rings (SSSR count). The maximum Gasteiger partial charge on any atom is 0.128 e. The van der Waals surface area contributed by atoms with Crippen molar-refractivity contribution in [2.45, 2.75) is 38.5 Å². The summed E-state index contributed by atoms with van der Waals surface area (Å²) in [5.74, 6) is 2.75. The van der Waals surface area contributed by atoms with Gasteiger partial charge in [0.2, 0.25) is 0 Å². The average Bonchev–Trinajstić information content (AvgIpc) is 3.26. The van der Waals surface area contributed by atoms with Crippen LogP contribution in [0.25, 0.3) is 0 Å². The lowest BCUT2D eigenvalue weighted by atomic mass is 10.1. The maximum absolute atomic E-state index is 5.98. The Bertz CT molecular complexity index is 432. The van der Waals surface area contributed by atoms with Gasteiger partial charge in [-0.15, -0.1) is 11.6 Å². The molecule has 0 bridgehead atoms. The predicted molar refractivity (Wildman–Crippen MR) is 84.7 cm³/mol. The summed E-state index contributed by atoms with van der Waals surface area (Å²) in [4.78, 5) is 6.87. The van der Waals surface area contributed by atoms with Crippen molar-refractivity contribution < 1.29 is 4.74 Å². The molecule has 1 aromatic heterocycles. The van der Waals surface area contributed by atoms with Crippen LogP contribution in [0.5, 0.6) is 0 Å². The minimum atomic E-state index is 0.413. The zero-order valence-electron chi connectivity index (χ0n) is 12.7. The molecular weight excluding hydrogens is 272 g/mol. The molecule has 0 atom stereocenters. The molecule has 0 amide bonds. The molecule has 0 aliphatic heterocycles. The second-order valence-corrected chi connectivity index (χ2v) is 6.25. The lowest BCUT2D eigenvalue weighted by Crippen LogP contribution is -2.24. The van der Waals surface area contributed by atoms with Gasteiger partial charge in [-0.25, -0.2) is 4.98 Å². The van der Waals surface area contributed by atoms with E-state index in [1.54, 1.807) is 0 Å². The lowest BCUT2D eigenvalue weighted by molar-refractivity contribution is 0.131. The molecular formula is C16H25ClN2O. The number of alkyl halides is 1. The number of anilines is 1. The summed E-state index contributed by atoms with van der Waals surface area (Å²) in [5, 5.41) is 0. The van der Waals surface area contributed by atoms with Gasteiger partial charge in [-0.2, -0.15) is 0 Å². The molecule has 4 heteroatoms. The number of ether oxygens (including phenoxy) is 1. The van der Waals surface area contributed by atoms with E-state index in [-0.39, 0.29) is 0 Å². The van der Waals surface area contributed by atoms with Crippen LogP contribution in [-0.2, 0) is 10.6 Å². The summed E-state index contributed by atoms with van der Waals surface area (Å²) in [7, 11) is 2.06. The minimum Gasteiger partial charge on any atom is -0.379 e. The van der Waals surface area contributed by atoms with Crippen molar-refractivity contribution in [2.24, 2.45) is 5.92 Å². The van der Waals surface area contributed by atoms with E-state index >= 15 is 0 Å². The molecule has 112 valence electrons. The Kier molecular flexibility index (Phi) is 5.67. The zero-order valence-corrected chi connectivity index (χ0v) is 13.5. The monoisotopic (exact) mass is 296 g/mol. The summed E-state index contributed by atoms with van der Waals surface area (Å²) >= 11 is 5.98. The van der Waals surface area contributed by atoms with Crippen molar-refractivity contribution >= 4 is 17.4 Å². The van der Waals surface area contributed by atoms with Gasteiger partial charge in [-0.05, 0) is 42.4 Å². The smallest absolute Gasteiger partial charge is 0.128 e. The highest BCUT2D eigenvalue weighted by Gasteiger charge is 2.21. The molecule has 0 radical (unpaired) electrons. The molecule has 1 heterocycles. The molecule has 1 aromatic rings. The molecule has 3 nitrogen and oxygen atoms in total. The number of pyridine rings is 1. The van der Waals surface area contributed by atoms with Crippen LogP contribution in [0.1, 0.15) is 43.9 Å². The van der Waals surface area contributed by atoms with Gasteiger partial charge >= 0.3 is 0 Å². The molecule has 1 fully saturated rings. The van der Waals surface area contributed by atoms with Gasteiger partial charge < -0.3 is 9.64 Å². The molecule has 20 heavy (non-hydrogen) atoms. The summed E-state index contributed by atoms with van der Waals surface area (Å²) in [6.07, 6.45) is 2.68. The Balaban J connectivity index is 1.92. The fraction of sp³-hybridized carbons (Fsp3) is 0.688. The second kappa shape index (κ2) is 7.28. The Labute approximate surface area is 127 Å². The SMILES string of the molecule is CC(C)c1cc(CCl)cc(N(C)CCOCC2CC2)n1. The molecule has 0 N–H and O–H groups in total. The van der Waals surface area contributed by atoms with E-state index < -0.39 is 0 Å². The number of aromatic nitrogens is 1. The highest BCUT2D eigenvalue weighted by molar-refractivity contribution is 6.17. The van der Waals surface area contributed by atoms with E-state index in [4.69, 9.17) is 21.3 Å². The van der Waals surface area contributed by atoms with E-state index in [1.165, 1.54) is 12.8 Å². The van der Waals surface area contributed by atoms with E-state index in [0.717, 1.165) is 42.8 Å². The molecule has 0 spiro atoms. The topological polar surface area (TPSA) is 25.4 Å². The van der Waals surface area contributed by atoms with Crippen molar-refractivity contribution in [1.29, 1.82) is 0 Å². The van der Waals surface area contributed by atoms with Crippen LogP contribution in [0.4, 0.5) is 5.82 Å². The first-order valence-electron chi connectivity index (χ1n) is 7.46. The van der Waals surface area contributed by atoms with Crippen LogP contribution in [-0.4, -0.2) is 31.8 Å². The molecule has 1 aliphatic rings. The van der Waals surface area contributed by atoms with Gasteiger partial charge in [0.15, 0.2) is 0 Å². The first-order chi connectivity index (χ1) is 9.60. The van der Waals surface area contributed by atoms with E-state index in [1.807, 2.05) is 0 Å². The zero-order chi connectivity index (χ0) is 14.5. The number of rotatable bonds is 8. The molecule has 0 saturated heterocycles. The molecule has 0 aromatic carbocycles. The number of hydrogen-bond acceptors (Lipinski definition) is 3. The first-order valence-corrected chi connectivity index (χ1v) is 7.99. The summed E-state index contributed by atoms with van der Waals surface area (Å²) < 4.78 is 5.69. The van der Waals surface area contributed by atoms with E-state index in [9.17, 15) is 0 Å². The molecule has 1 aliphatic carbocycles. The quantitative estimate of drug-likeness (QED) is 0.539. The Morgan fingerprint density at radius 2 is 2.15 bits per heavy atom. The Morgan fingerprint density at radius 1 is 1.40 bits per heavy atom. The summed E-state index contributed by atoms with van der Waals surface area (Å²) in [6, 6.07) is 4.17. The lowest BCUT2D eigenvalue weighted by Gasteiger charge is -2.20. The number of nitrogens with zero attached hydrogens (tertiary/aromatic N) is 2. The van der Waals surface area contributed by atoms with Crippen molar-refractivity contribution in [3.8, 4) is 0 Å². The third-order valence-corrected chi connectivity index (χ3v) is 3.96. The third-order valence-electron chi connectivity index (χ3n) is 3.65. The van der Waals surface area contributed by atoms with Crippen molar-refractivity contribution in [3.63, 3.8) is 0 Å². The van der Waals surface area contributed by atoms with E-state index in [2.05, 4.69) is 37.9 Å². The van der Waals surface area contributed by atoms with Gasteiger partial charge in [-0.1, -0.05) is 13.8 Å². The fourth-order valence-electron chi connectivity index (χ4n) is 2.01. The van der Waals surface area contributed by atoms with Gasteiger partial charge in [-0.3, -0.25) is 0 Å². The first kappa shape index (κ1) is 15.6. The Hall–Kier alpha value is -0.800. The third kappa shape index (κ3) is 4.64. The normalized spacial score (nSPS) is 14.8. The average molecular weight is 297 g/mol. The second-order valence-electron chi connectivity index (χ2n) is 5.99. The predicted octanol–water partition coefficient (Wildman–Crippen LogP) is 3.81. The number of halogens is 1. The number of hydrogen-bond donors (Lipinski definition) is 0. The highest BCUT2D eigenvalue weighted by atomic mass is 35.5. The van der Waals surface area contributed by atoms with Crippen molar-refractivity contribution in [3.05, 3.63) is 23.4 Å². The van der Waals surface area contributed by atoms with Crippen LogP contribution in [0.15, 0.2) is 12.1 Å². The molecule has 1 saturated carbocycles. The summed E-state index contributed by atoms with van der Waals surface area (Å²) in [6.45, 7) is 6.85. The summed E-state index contributed by atoms with van der Waals surface area (Å²) in [5.41, 5.74) is 2.23. The minimum absolute atomic E-state index is 0.413. The maximum atomic E-state index is 5.98. The van der Waals surface area contributed by atoms with Gasteiger partial charge in [0.1, 0.15) is 5.82 Å².